The van der Waals surface area contributed by atoms with Gasteiger partial charge in [-0.3, -0.25) is 0 Å². The van der Waals surface area contributed by atoms with Crippen LogP contribution < -0.4 is 16.0 Å². The number of rotatable bonds is 7. The number of carboxylic acid groups (broad SMARTS) is 1. The van der Waals surface area contributed by atoms with Crippen molar-refractivity contribution in [3.05, 3.63) is 16.1 Å². The van der Waals surface area contributed by atoms with E-state index in [2.05, 4.69) is 20.9 Å². The monoisotopic (exact) mass is 286 g/mol. The minimum atomic E-state index is -1.06. The van der Waals surface area contributed by atoms with E-state index >= 15 is 0 Å². The number of nitrogens with zero attached hydrogens (tertiary/aromatic N) is 1. The number of thiazole rings is 1. The molecule has 2 amide bonds. The Morgan fingerprint density at radius 2 is 2.21 bits per heavy atom. The number of hydrogen-bond acceptors (Lipinski definition) is 5. The molecule has 4 N–H and O–H groups in total. The Labute approximate surface area is 115 Å². The molecule has 106 valence electrons. The van der Waals surface area contributed by atoms with Gasteiger partial charge in [-0.1, -0.05) is 0 Å². The van der Waals surface area contributed by atoms with Gasteiger partial charge in [0.05, 0.1) is 6.04 Å². The van der Waals surface area contributed by atoms with Gasteiger partial charge in [-0.15, -0.1) is 11.3 Å². The van der Waals surface area contributed by atoms with Crippen molar-refractivity contribution >= 4 is 23.3 Å². The van der Waals surface area contributed by atoms with Crippen LogP contribution in [0, 0.1) is 0 Å². The fourth-order valence-corrected chi connectivity index (χ4v) is 2.16. The Morgan fingerprint density at radius 3 is 2.79 bits per heavy atom. The van der Waals surface area contributed by atoms with E-state index in [1.54, 1.807) is 6.92 Å². The highest BCUT2D eigenvalue weighted by molar-refractivity contribution is 7.09. The summed E-state index contributed by atoms with van der Waals surface area (Å²) in [4.78, 5) is 26.2. The lowest BCUT2D eigenvalue weighted by Gasteiger charge is -2.12. The van der Waals surface area contributed by atoms with Crippen molar-refractivity contribution in [2.45, 2.75) is 19.4 Å². The zero-order valence-electron chi connectivity index (χ0n) is 10.9. The quantitative estimate of drug-likeness (QED) is 0.555. The van der Waals surface area contributed by atoms with Crippen molar-refractivity contribution in [2.75, 3.05) is 20.1 Å². The largest absolute Gasteiger partial charge is 0.476 e. The molecular weight excluding hydrogens is 268 g/mol. The molecule has 1 aromatic heterocycles. The molecule has 1 atom stereocenters. The second-order valence-corrected chi connectivity index (χ2v) is 4.84. The second-order valence-electron chi connectivity index (χ2n) is 3.96. The maximum absolute atomic E-state index is 11.5. The zero-order chi connectivity index (χ0) is 14.3. The third-order valence-electron chi connectivity index (χ3n) is 2.35. The van der Waals surface area contributed by atoms with E-state index in [1.165, 1.54) is 16.7 Å². The number of carboxylic acids is 1. The van der Waals surface area contributed by atoms with E-state index in [4.69, 9.17) is 5.11 Å². The molecule has 1 heterocycles. The van der Waals surface area contributed by atoms with Crippen LogP contribution in [0.2, 0.25) is 0 Å². The summed E-state index contributed by atoms with van der Waals surface area (Å²) in [5.74, 6) is -1.06. The van der Waals surface area contributed by atoms with Crippen molar-refractivity contribution in [1.29, 1.82) is 0 Å². The Bertz CT molecular complexity index is 435. The summed E-state index contributed by atoms with van der Waals surface area (Å²) >= 11 is 1.22. The Hall–Kier alpha value is -1.67. The van der Waals surface area contributed by atoms with Gasteiger partial charge in [0, 0.05) is 11.9 Å². The van der Waals surface area contributed by atoms with Gasteiger partial charge < -0.3 is 21.1 Å². The first kappa shape index (κ1) is 15.4. The van der Waals surface area contributed by atoms with E-state index in [-0.39, 0.29) is 17.8 Å². The highest BCUT2D eigenvalue weighted by Crippen LogP contribution is 2.17. The number of amides is 2. The molecule has 7 nitrogen and oxygen atoms in total. The minimum absolute atomic E-state index is 0.00285. The number of carbonyl (C=O) groups excluding carboxylic acids is 1. The molecule has 1 unspecified atom stereocenters. The maximum Gasteiger partial charge on any atom is 0.355 e. The first-order chi connectivity index (χ1) is 9.04. The van der Waals surface area contributed by atoms with Gasteiger partial charge in [-0.05, 0) is 26.9 Å². The van der Waals surface area contributed by atoms with Crippen LogP contribution in [0.3, 0.4) is 0 Å². The molecule has 0 saturated heterocycles. The number of urea groups is 1. The van der Waals surface area contributed by atoms with Gasteiger partial charge >= 0.3 is 12.0 Å². The molecule has 1 rings (SSSR count). The topological polar surface area (TPSA) is 103 Å². The van der Waals surface area contributed by atoms with Crippen molar-refractivity contribution in [3.63, 3.8) is 0 Å². The second kappa shape index (κ2) is 7.70. The summed E-state index contributed by atoms with van der Waals surface area (Å²) in [7, 11) is 1.85. The van der Waals surface area contributed by atoms with Crippen LogP contribution in [0.5, 0.6) is 0 Å². The van der Waals surface area contributed by atoms with Crippen LogP contribution in [0.4, 0.5) is 4.79 Å². The summed E-state index contributed by atoms with van der Waals surface area (Å²) in [6.45, 7) is 3.18. The first-order valence-corrected chi connectivity index (χ1v) is 6.80. The third-order valence-corrected chi connectivity index (χ3v) is 3.38. The lowest BCUT2D eigenvalue weighted by atomic mass is 10.3. The van der Waals surface area contributed by atoms with Gasteiger partial charge in [0.15, 0.2) is 5.69 Å². The smallest absolute Gasteiger partial charge is 0.355 e. The highest BCUT2D eigenvalue weighted by Gasteiger charge is 2.15. The molecule has 1 aromatic rings. The van der Waals surface area contributed by atoms with Crippen LogP contribution in [0.25, 0.3) is 0 Å². The number of aromatic carboxylic acids is 1. The summed E-state index contributed by atoms with van der Waals surface area (Å²) in [6.07, 6.45) is 0.846. The zero-order valence-corrected chi connectivity index (χ0v) is 11.7. The average Bonchev–Trinajstić information content (AvgIpc) is 2.84. The predicted octanol–water partition coefficient (Wildman–Crippen LogP) is 0.811. The molecule has 8 heteroatoms. The SMILES string of the molecule is CNCCCNC(=O)NC(C)c1nc(C(=O)O)cs1. The van der Waals surface area contributed by atoms with Crippen LogP contribution >= 0.6 is 11.3 Å². The number of hydrogen-bond donors (Lipinski definition) is 4. The Kier molecular flexibility index (Phi) is 6.23. The molecule has 0 bridgehead atoms. The highest BCUT2D eigenvalue weighted by atomic mass is 32.1. The average molecular weight is 286 g/mol. The van der Waals surface area contributed by atoms with Crippen molar-refractivity contribution in [3.8, 4) is 0 Å². The van der Waals surface area contributed by atoms with E-state index in [0.29, 0.717) is 11.6 Å². The van der Waals surface area contributed by atoms with Gasteiger partial charge in [0.1, 0.15) is 5.01 Å². The number of nitrogens with one attached hydrogen (secondary N) is 3. The first-order valence-electron chi connectivity index (χ1n) is 5.92. The van der Waals surface area contributed by atoms with E-state index in [1.807, 2.05) is 7.05 Å². The Morgan fingerprint density at radius 1 is 1.47 bits per heavy atom. The lowest BCUT2D eigenvalue weighted by Crippen LogP contribution is -2.38. The summed E-state index contributed by atoms with van der Waals surface area (Å²) in [5.41, 5.74) is 0.00285. The van der Waals surface area contributed by atoms with Gasteiger partial charge in [-0.25, -0.2) is 14.6 Å². The Balaban J connectivity index is 2.38. The van der Waals surface area contributed by atoms with E-state index in [9.17, 15) is 9.59 Å². The van der Waals surface area contributed by atoms with E-state index < -0.39 is 5.97 Å². The standard InChI is InChI=1S/C11H18N4O3S/c1-7(9-15-8(6-19-9)10(16)17)14-11(18)13-5-3-4-12-2/h6-7,12H,3-5H2,1-2H3,(H,16,17)(H2,13,14,18). The van der Waals surface area contributed by atoms with Gasteiger partial charge in [0.2, 0.25) is 0 Å². The predicted molar refractivity (Wildman–Crippen MR) is 72.6 cm³/mol. The minimum Gasteiger partial charge on any atom is -0.476 e. The number of carbonyl (C=O) groups is 2. The molecule has 0 aliphatic heterocycles. The molecule has 0 aliphatic carbocycles. The maximum atomic E-state index is 11.5. The van der Waals surface area contributed by atoms with E-state index in [0.717, 1.165) is 13.0 Å². The van der Waals surface area contributed by atoms with Crippen LogP contribution in [0.1, 0.15) is 34.9 Å². The summed E-state index contributed by atoms with van der Waals surface area (Å²) < 4.78 is 0. The fourth-order valence-electron chi connectivity index (χ4n) is 1.36. The summed E-state index contributed by atoms with van der Waals surface area (Å²) in [5, 5.41) is 19.2. The molecule has 0 radical (unpaired) electrons. The van der Waals surface area contributed by atoms with Crippen LogP contribution in [0.15, 0.2) is 5.38 Å². The van der Waals surface area contributed by atoms with Crippen molar-refractivity contribution < 1.29 is 14.7 Å². The number of aromatic nitrogens is 1. The van der Waals surface area contributed by atoms with Gasteiger partial charge in [-0.2, -0.15) is 0 Å². The molecule has 0 saturated carbocycles. The molecule has 0 spiro atoms. The molecule has 0 fully saturated rings. The summed E-state index contributed by atoms with van der Waals surface area (Å²) in [6, 6.07) is -0.599. The van der Waals surface area contributed by atoms with Gasteiger partial charge in [0.25, 0.3) is 0 Å². The third kappa shape index (κ3) is 5.23. The van der Waals surface area contributed by atoms with Crippen molar-refractivity contribution in [2.24, 2.45) is 0 Å². The van der Waals surface area contributed by atoms with Crippen molar-refractivity contribution in [1.82, 2.24) is 20.9 Å². The molecular formula is C11H18N4O3S. The fraction of sp³-hybridized carbons (Fsp3) is 0.545. The molecule has 0 aromatic carbocycles. The normalized spacial score (nSPS) is 11.9. The molecule has 19 heavy (non-hydrogen) atoms. The van der Waals surface area contributed by atoms with Crippen LogP contribution in [-0.2, 0) is 0 Å². The molecule has 0 aliphatic rings. The lowest BCUT2D eigenvalue weighted by molar-refractivity contribution is 0.0691. The van der Waals surface area contributed by atoms with Crippen LogP contribution in [-0.4, -0.2) is 42.2 Å².